The molecule has 1 aromatic heterocycles. The first-order valence-corrected chi connectivity index (χ1v) is 9.65. The van der Waals surface area contributed by atoms with Crippen molar-refractivity contribution in [1.29, 1.82) is 0 Å². The Bertz CT molecular complexity index is 687. The Morgan fingerprint density at radius 1 is 1.35 bits per heavy atom. The van der Waals surface area contributed by atoms with E-state index in [1.807, 2.05) is 6.92 Å². The molecule has 0 bridgehead atoms. The van der Waals surface area contributed by atoms with E-state index in [-0.39, 0.29) is 17.4 Å². The molecule has 2 heterocycles. The predicted octanol–water partition coefficient (Wildman–Crippen LogP) is 1.72. The Kier molecular flexibility index (Phi) is 5.64. The summed E-state index contributed by atoms with van der Waals surface area (Å²) in [4.78, 5) is 14.5. The summed E-state index contributed by atoms with van der Waals surface area (Å²) in [6.45, 7) is 8.77. The molecule has 1 aliphatic heterocycles. The van der Waals surface area contributed by atoms with E-state index in [4.69, 9.17) is 4.42 Å². The molecule has 1 N–H and O–H groups in total. The number of nitrogens with zero attached hydrogens (tertiary/aromatic N) is 1. The van der Waals surface area contributed by atoms with Gasteiger partial charge in [-0.1, -0.05) is 20.8 Å². The first-order valence-electron chi connectivity index (χ1n) is 7.94. The van der Waals surface area contributed by atoms with Crippen molar-refractivity contribution < 1.29 is 17.6 Å². The SMILES string of the molecule is CCc1oc(C(=O)N[C@H]2C=CS(=O)(=O)C2)cc1CN(CC)CC. The van der Waals surface area contributed by atoms with Crippen molar-refractivity contribution >= 4 is 15.7 Å². The molecule has 128 valence electrons. The van der Waals surface area contributed by atoms with Crippen LogP contribution in [0.5, 0.6) is 0 Å². The van der Waals surface area contributed by atoms with Crippen LogP contribution in [0, 0.1) is 0 Å². The minimum atomic E-state index is -3.19. The second kappa shape index (κ2) is 7.31. The average Bonchev–Trinajstić information content (AvgIpc) is 3.07. The number of rotatable bonds is 7. The molecule has 1 amide bonds. The zero-order valence-electron chi connectivity index (χ0n) is 13.8. The zero-order chi connectivity index (χ0) is 17.0. The minimum Gasteiger partial charge on any atom is -0.456 e. The van der Waals surface area contributed by atoms with Crippen LogP contribution in [0.15, 0.2) is 22.0 Å². The molecule has 0 spiro atoms. The van der Waals surface area contributed by atoms with E-state index in [2.05, 4.69) is 24.1 Å². The maximum atomic E-state index is 12.3. The third-order valence-corrected chi connectivity index (χ3v) is 5.37. The number of carbonyl (C=O) groups excluding carboxylic acids is 1. The molecule has 6 nitrogen and oxygen atoms in total. The first kappa shape index (κ1) is 17.7. The van der Waals surface area contributed by atoms with Gasteiger partial charge in [0.1, 0.15) is 5.76 Å². The zero-order valence-corrected chi connectivity index (χ0v) is 14.6. The molecule has 7 heteroatoms. The monoisotopic (exact) mass is 340 g/mol. The second-order valence-electron chi connectivity index (χ2n) is 5.61. The summed E-state index contributed by atoms with van der Waals surface area (Å²) < 4.78 is 28.4. The molecule has 0 radical (unpaired) electrons. The van der Waals surface area contributed by atoms with Crippen LogP contribution < -0.4 is 5.32 Å². The van der Waals surface area contributed by atoms with E-state index in [1.54, 1.807) is 6.07 Å². The van der Waals surface area contributed by atoms with Gasteiger partial charge in [0.05, 0.1) is 11.8 Å². The van der Waals surface area contributed by atoms with Crippen molar-refractivity contribution in [3.63, 3.8) is 0 Å². The lowest BCUT2D eigenvalue weighted by Crippen LogP contribution is -2.35. The molecule has 0 saturated carbocycles. The average molecular weight is 340 g/mol. The summed E-state index contributed by atoms with van der Waals surface area (Å²) in [5.74, 6) is 0.572. The highest BCUT2D eigenvalue weighted by atomic mass is 32.2. The number of hydrogen-bond donors (Lipinski definition) is 1. The highest BCUT2D eigenvalue weighted by Gasteiger charge is 2.25. The standard InChI is InChI=1S/C16H24N2O4S/c1-4-14-12(10-18(5-2)6-3)9-15(22-14)16(19)17-13-7-8-23(20,21)11-13/h7-9,13H,4-6,10-11H2,1-3H3,(H,17,19)/t13-/m0/s1. The van der Waals surface area contributed by atoms with Crippen molar-refractivity contribution in [2.24, 2.45) is 0 Å². The van der Waals surface area contributed by atoms with Crippen molar-refractivity contribution in [3.8, 4) is 0 Å². The maximum absolute atomic E-state index is 12.3. The highest BCUT2D eigenvalue weighted by Crippen LogP contribution is 2.19. The number of sulfone groups is 1. The lowest BCUT2D eigenvalue weighted by atomic mass is 10.2. The Morgan fingerprint density at radius 3 is 2.57 bits per heavy atom. The maximum Gasteiger partial charge on any atom is 0.287 e. The molecule has 0 aromatic carbocycles. The van der Waals surface area contributed by atoms with Gasteiger partial charge in [0.25, 0.3) is 5.91 Å². The van der Waals surface area contributed by atoms with E-state index in [9.17, 15) is 13.2 Å². The lowest BCUT2D eigenvalue weighted by molar-refractivity contribution is 0.0918. The van der Waals surface area contributed by atoms with Gasteiger partial charge in [-0.3, -0.25) is 9.69 Å². The molecular formula is C16H24N2O4S. The molecule has 0 aliphatic carbocycles. The van der Waals surface area contributed by atoms with E-state index in [1.165, 1.54) is 6.08 Å². The van der Waals surface area contributed by atoms with Crippen molar-refractivity contribution in [2.75, 3.05) is 18.8 Å². The van der Waals surface area contributed by atoms with Crippen molar-refractivity contribution in [3.05, 3.63) is 34.6 Å². The van der Waals surface area contributed by atoms with Gasteiger partial charge in [-0.15, -0.1) is 0 Å². The first-order chi connectivity index (χ1) is 10.9. The second-order valence-corrected chi connectivity index (χ2v) is 7.54. The number of carbonyl (C=O) groups is 1. The van der Waals surface area contributed by atoms with E-state index in [0.29, 0.717) is 6.42 Å². The molecule has 1 aliphatic rings. The van der Waals surface area contributed by atoms with E-state index < -0.39 is 15.9 Å². The fraction of sp³-hybridized carbons (Fsp3) is 0.562. The van der Waals surface area contributed by atoms with Gasteiger partial charge in [-0.25, -0.2) is 8.42 Å². The number of amides is 1. The molecule has 0 saturated heterocycles. The summed E-state index contributed by atoms with van der Waals surface area (Å²) in [5.41, 5.74) is 1.01. The van der Waals surface area contributed by atoms with Gasteiger partial charge in [0.15, 0.2) is 15.6 Å². The number of aryl methyl sites for hydroxylation is 1. The van der Waals surface area contributed by atoms with Gasteiger partial charge in [0, 0.05) is 23.9 Å². The number of furan rings is 1. The third-order valence-electron chi connectivity index (χ3n) is 3.98. The van der Waals surface area contributed by atoms with E-state index >= 15 is 0 Å². The van der Waals surface area contributed by atoms with Crippen LogP contribution in [-0.4, -0.2) is 44.1 Å². The molecule has 0 unspecified atom stereocenters. The molecular weight excluding hydrogens is 316 g/mol. The molecule has 2 rings (SSSR count). The minimum absolute atomic E-state index is 0.0909. The van der Waals surface area contributed by atoms with Crippen LogP contribution in [0.2, 0.25) is 0 Å². The summed E-state index contributed by atoms with van der Waals surface area (Å²) in [7, 11) is -3.19. The van der Waals surface area contributed by atoms with Gasteiger partial charge in [-0.2, -0.15) is 0 Å². The van der Waals surface area contributed by atoms with E-state index in [0.717, 1.165) is 36.4 Å². The van der Waals surface area contributed by atoms with Crippen LogP contribution in [-0.2, 0) is 22.8 Å². The van der Waals surface area contributed by atoms with Crippen molar-refractivity contribution in [2.45, 2.75) is 39.8 Å². The number of hydrogen-bond acceptors (Lipinski definition) is 5. The Morgan fingerprint density at radius 2 is 2.04 bits per heavy atom. The number of nitrogens with one attached hydrogen (secondary N) is 1. The lowest BCUT2D eigenvalue weighted by Gasteiger charge is -2.17. The molecule has 1 atom stereocenters. The third kappa shape index (κ3) is 4.45. The summed E-state index contributed by atoms with van der Waals surface area (Å²) in [5, 5.41) is 3.83. The smallest absolute Gasteiger partial charge is 0.287 e. The normalized spacial score (nSPS) is 19.4. The summed E-state index contributed by atoms with van der Waals surface area (Å²) >= 11 is 0. The van der Waals surface area contributed by atoms with Gasteiger partial charge in [-0.05, 0) is 25.2 Å². The van der Waals surface area contributed by atoms with Gasteiger partial charge in [0.2, 0.25) is 0 Å². The highest BCUT2D eigenvalue weighted by molar-refractivity contribution is 7.94. The van der Waals surface area contributed by atoms with Gasteiger partial charge < -0.3 is 9.73 Å². The quantitative estimate of drug-likeness (QED) is 0.817. The largest absolute Gasteiger partial charge is 0.456 e. The fourth-order valence-electron chi connectivity index (χ4n) is 2.60. The predicted molar refractivity (Wildman–Crippen MR) is 88.9 cm³/mol. The summed E-state index contributed by atoms with van der Waals surface area (Å²) in [6.07, 6.45) is 2.20. The van der Waals surface area contributed by atoms with Crippen LogP contribution in [0.4, 0.5) is 0 Å². The van der Waals surface area contributed by atoms with Gasteiger partial charge >= 0.3 is 0 Å². The molecule has 23 heavy (non-hydrogen) atoms. The van der Waals surface area contributed by atoms with Crippen LogP contribution >= 0.6 is 0 Å². The van der Waals surface area contributed by atoms with Crippen molar-refractivity contribution in [1.82, 2.24) is 10.2 Å². The topological polar surface area (TPSA) is 79.6 Å². The van der Waals surface area contributed by atoms with Crippen LogP contribution in [0.3, 0.4) is 0 Å². The van der Waals surface area contributed by atoms with Crippen LogP contribution in [0.25, 0.3) is 0 Å². The Hall–Kier alpha value is -1.60. The summed E-state index contributed by atoms with van der Waals surface area (Å²) in [6, 6.07) is 1.27. The Balaban J connectivity index is 2.09. The molecule has 1 aromatic rings. The Labute approximate surface area is 137 Å². The van der Waals surface area contributed by atoms with Crippen LogP contribution in [0.1, 0.15) is 42.6 Å². The molecule has 0 fully saturated rings. The fourth-order valence-corrected chi connectivity index (χ4v) is 3.84.